The van der Waals surface area contributed by atoms with Crippen LogP contribution in [0, 0.1) is 11.8 Å². The van der Waals surface area contributed by atoms with Gasteiger partial charge in [0.15, 0.2) is 11.9 Å². The lowest BCUT2D eigenvalue weighted by Crippen LogP contribution is -2.61. The van der Waals surface area contributed by atoms with Gasteiger partial charge in [0.2, 0.25) is 35.4 Å². The number of amides is 6. The Balaban J connectivity index is 3.22. The fourth-order valence-corrected chi connectivity index (χ4v) is 5.86. The maximum absolute atomic E-state index is 13.7. The number of nitrogens with two attached hydrogens (primary N) is 5. The number of aliphatic hydroxyl groups excluding tert-OH is 1. The molecule has 1 heterocycles. The van der Waals surface area contributed by atoms with Gasteiger partial charge < -0.3 is 80.9 Å². The van der Waals surface area contributed by atoms with Crippen molar-refractivity contribution in [3.63, 3.8) is 0 Å². The Bertz CT molecular complexity index is 1730. The van der Waals surface area contributed by atoms with Crippen LogP contribution in [0.15, 0.2) is 22.5 Å². The molecule has 1 aromatic rings. The third kappa shape index (κ3) is 22.2. The van der Waals surface area contributed by atoms with Gasteiger partial charge >= 0.3 is 11.9 Å². The minimum Gasteiger partial charge on any atom is -0.481 e. The topological polar surface area (TPSA) is 453 Å². The maximum Gasteiger partial charge on any atom is 0.326 e. The standard InChI is InChI=1S/C37H65N15O11/c1-18(2)11-23(30(57)47-22(35(62)63)8-6-10-45-37(41)42)49-31(58)24(12-19(3)4)50-34(61)27(16-53)52-33(60)26(14-28(54)55)51-32(59)25(13-20-15-43-17-46-20)48-29(56)21(38)7-5-9-44-36(39)40/h15,17-19,21-27,53H,5-14,16,38H2,1-4H3,(H,43,46)(H,47,57)(H,48,56)(H,49,58)(H,50,61)(H,51,59)(H,52,60)(H,54,55)(H,62,63)(H4,39,40,44)(H4,41,42,45)/t21-,22-,23-,24-,25-,26-,27-/m0/s1. The molecule has 26 heteroatoms. The number of aliphatic carboxylic acids is 2. The molecule has 0 aromatic carbocycles. The lowest BCUT2D eigenvalue weighted by Gasteiger charge is -2.28. The molecule has 354 valence electrons. The highest BCUT2D eigenvalue weighted by Gasteiger charge is 2.35. The third-order valence-electron chi connectivity index (χ3n) is 8.98. The van der Waals surface area contributed by atoms with Crippen LogP contribution < -0.4 is 60.6 Å². The predicted octanol–water partition coefficient (Wildman–Crippen LogP) is -5.06. The number of hydrogen-bond donors (Lipinski definition) is 15. The summed E-state index contributed by atoms with van der Waals surface area (Å²) in [6, 6.07) is -10.1. The number of aromatic nitrogens is 2. The van der Waals surface area contributed by atoms with Crippen molar-refractivity contribution in [2.75, 3.05) is 19.7 Å². The maximum atomic E-state index is 13.7. The highest BCUT2D eigenvalue weighted by Crippen LogP contribution is 2.11. The first-order valence-corrected chi connectivity index (χ1v) is 20.3. The molecule has 63 heavy (non-hydrogen) atoms. The van der Waals surface area contributed by atoms with E-state index in [-0.39, 0.29) is 75.4 Å². The van der Waals surface area contributed by atoms with Gasteiger partial charge in [0.05, 0.1) is 25.4 Å². The second-order valence-corrected chi connectivity index (χ2v) is 15.5. The number of guanidine groups is 2. The number of carbonyl (C=O) groups is 8. The van der Waals surface area contributed by atoms with E-state index < -0.39 is 103 Å². The van der Waals surface area contributed by atoms with E-state index in [1.165, 1.54) is 12.5 Å². The van der Waals surface area contributed by atoms with E-state index in [4.69, 9.17) is 28.7 Å². The molecule has 6 amide bonds. The van der Waals surface area contributed by atoms with Crippen LogP contribution in [0.4, 0.5) is 0 Å². The molecule has 0 fully saturated rings. The third-order valence-corrected chi connectivity index (χ3v) is 8.98. The summed E-state index contributed by atoms with van der Waals surface area (Å²) in [5.74, 6) is -9.29. The number of carboxylic acids is 2. The summed E-state index contributed by atoms with van der Waals surface area (Å²) >= 11 is 0. The van der Waals surface area contributed by atoms with E-state index in [9.17, 15) is 53.7 Å². The molecular formula is C37H65N15O11. The van der Waals surface area contributed by atoms with Crippen LogP contribution in [-0.4, -0.2) is 147 Å². The summed E-state index contributed by atoms with van der Waals surface area (Å²) in [6.07, 6.45) is 2.21. The number of H-pyrrole nitrogens is 1. The van der Waals surface area contributed by atoms with Crippen LogP contribution in [0.1, 0.15) is 78.3 Å². The summed E-state index contributed by atoms with van der Waals surface area (Å²) in [6.45, 7) is 6.26. The summed E-state index contributed by atoms with van der Waals surface area (Å²) in [7, 11) is 0. The number of hydrogen-bond acceptors (Lipinski definition) is 13. The highest BCUT2D eigenvalue weighted by molar-refractivity contribution is 5.98. The summed E-state index contributed by atoms with van der Waals surface area (Å²) in [5, 5.41) is 43.9. The van der Waals surface area contributed by atoms with Crippen molar-refractivity contribution in [1.29, 1.82) is 0 Å². The van der Waals surface area contributed by atoms with Crippen LogP contribution in [0.3, 0.4) is 0 Å². The zero-order valence-electron chi connectivity index (χ0n) is 36.0. The van der Waals surface area contributed by atoms with E-state index in [0.717, 1.165) is 0 Å². The molecular weight excluding hydrogens is 831 g/mol. The molecule has 20 N–H and O–H groups in total. The second kappa shape index (κ2) is 28.1. The number of nitrogens with one attached hydrogen (secondary N) is 7. The summed E-state index contributed by atoms with van der Waals surface area (Å²) < 4.78 is 0. The molecule has 0 unspecified atom stereocenters. The van der Waals surface area contributed by atoms with Crippen molar-refractivity contribution in [2.24, 2.45) is 50.5 Å². The Morgan fingerprint density at radius 2 is 1.06 bits per heavy atom. The average Bonchev–Trinajstić information content (AvgIpc) is 3.70. The fraction of sp³-hybridized carbons (Fsp3) is 0.649. The molecule has 0 spiro atoms. The van der Waals surface area contributed by atoms with Crippen LogP contribution in [0.5, 0.6) is 0 Å². The number of carbonyl (C=O) groups excluding carboxylic acids is 6. The van der Waals surface area contributed by atoms with Gasteiger partial charge in [-0.3, -0.25) is 43.5 Å². The monoisotopic (exact) mass is 895 g/mol. The average molecular weight is 896 g/mol. The molecule has 0 aliphatic heterocycles. The fourth-order valence-electron chi connectivity index (χ4n) is 5.86. The first-order valence-electron chi connectivity index (χ1n) is 20.3. The smallest absolute Gasteiger partial charge is 0.326 e. The first kappa shape index (κ1) is 54.4. The molecule has 0 saturated heterocycles. The molecule has 1 aromatic heterocycles. The van der Waals surface area contributed by atoms with Gasteiger partial charge in [-0.15, -0.1) is 0 Å². The van der Waals surface area contributed by atoms with E-state index in [1.54, 1.807) is 27.7 Å². The lowest BCUT2D eigenvalue weighted by atomic mass is 9.99. The zero-order chi connectivity index (χ0) is 47.8. The lowest BCUT2D eigenvalue weighted by molar-refractivity contribution is -0.143. The second-order valence-electron chi connectivity index (χ2n) is 15.5. The van der Waals surface area contributed by atoms with Crippen molar-refractivity contribution in [1.82, 2.24) is 41.9 Å². The number of carboxylic acid groups (broad SMARTS) is 2. The quantitative estimate of drug-likeness (QED) is 0.0195. The van der Waals surface area contributed by atoms with Gasteiger partial charge in [-0.25, -0.2) is 9.78 Å². The van der Waals surface area contributed by atoms with E-state index >= 15 is 0 Å². The number of nitrogens with zero attached hydrogens (tertiary/aromatic N) is 3. The van der Waals surface area contributed by atoms with Gasteiger partial charge in [-0.05, 0) is 50.4 Å². The molecule has 0 aliphatic carbocycles. The number of imidazole rings is 1. The molecule has 0 radical (unpaired) electrons. The molecule has 7 atom stereocenters. The SMILES string of the molecule is CC(C)C[C@H](NC(=O)[C@H](CC(C)C)NC(=O)[C@H](CO)NC(=O)[C@H](CC(=O)O)NC(=O)[C@H](Cc1cnc[nH]1)NC(=O)[C@@H](N)CCCN=C(N)N)C(=O)N[C@@H](CCCN=C(N)N)C(=O)O. The van der Waals surface area contributed by atoms with Crippen LogP contribution in [-0.2, 0) is 44.8 Å². The number of aliphatic hydroxyl groups is 1. The molecule has 26 nitrogen and oxygen atoms in total. The molecule has 0 saturated carbocycles. The van der Waals surface area contributed by atoms with Gasteiger partial charge in [-0.2, -0.15) is 0 Å². The van der Waals surface area contributed by atoms with Crippen LogP contribution >= 0.6 is 0 Å². The molecule has 0 bridgehead atoms. The Kier molecular flexibility index (Phi) is 24.3. The van der Waals surface area contributed by atoms with Crippen molar-refractivity contribution in [2.45, 2.75) is 121 Å². The van der Waals surface area contributed by atoms with Crippen molar-refractivity contribution < 1.29 is 53.7 Å². The summed E-state index contributed by atoms with van der Waals surface area (Å²) in [5.41, 5.74) is 27.6. The Labute approximate surface area is 364 Å². The Morgan fingerprint density at radius 1 is 0.635 bits per heavy atom. The Morgan fingerprint density at radius 3 is 1.51 bits per heavy atom. The minimum atomic E-state index is -1.85. The van der Waals surface area contributed by atoms with Gasteiger partial charge in [-0.1, -0.05) is 27.7 Å². The van der Waals surface area contributed by atoms with Gasteiger partial charge in [0.25, 0.3) is 0 Å². The van der Waals surface area contributed by atoms with Gasteiger partial charge in [0, 0.05) is 31.4 Å². The molecule has 1 rings (SSSR count). The predicted molar refractivity (Wildman–Crippen MR) is 228 cm³/mol. The first-order chi connectivity index (χ1) is 29.5. The van der Waals surface area contributed by atoms with Crippen LogP contribution in [0.2, 0.25) is 0 Å². The van der Waals surface area contributed by atoms with Crippen molar-refractivity contribution >= 4 is 59.3 Å². The minimum absolute atomic E-state index is 0.00326. The Hall–Kier alpha value is -6.57. The normalized spacial score (nSPS) is 14.3. The van der Waals surface area contributed by atoms with Crippen molar-refractivity contribution in [3.05, 3.63) is 18.2 Å². The number of rotatable bonds is 30. The van der Waals surface area contributed by atoms with Crippen LogP contribution in [0.25, 0.3) is 0 Å². The van der Waals surface area contributed by atoms with E-state index in [2.05, 4.69) is 51.9 Å². The van der Waals surface area contributed by atoms with E-state index in [1.807, 2.05) is 0 Å². The number of aromatic amines is 1. The zero-order valence-corrected chi connectivity index (χ0v) is 36.0. The largest absolute Gasteiger partial charge is 0.481 e. The number of aliphatic imine (C=N–C) groups is 2. The molecule has 0 aliphatic rings. The highest BCUT2D eigenvalue weighted by atomic mass is 16.4. The summed E-state index contributed by atoms with van der Waals surface area (Å²) in [4.78, 5) is 119. The van der Waals surface area contributed by atoms with E-state index in [0.29, 0.717) is 12.1 Å². The van der Waals surface area contributed by atoms with Crippen molar-refractivity contribution in [3.8, 4) is 0 Å². The van der Waals surface area contributed by atoms with Gasteiger partial charge in [0.1, 0.15) is 36.3 Å².